The normalized spacial score (nSPS) is 14.2. The van der Waals surface area contributed by atoms with E-state index in [-0.39, 0.29) is 5.56 Å². The van der Waals surface area contributed by atoms with E-state index in [2.05, 4.69) is 35.3 Å². The highest BCUT2D eigenvalue weighted by molar-refractivity contribution is 7.15. The largest absolute Gasteiger partial charge is 0.274 e. The summed E-state index contributed by atoms with van der Waals surface area (Å²) < 4.78 is 2.46. The SMILES string of the molecule is O=c1/c(=C\c2ccc3c4c(cccc24)CC3)sc2nc3ccccc3n12. The molecule has 0 N–H and O–H groups in total. The predicted molar refractivity (Wildman–Crippen MR) is 107 cm³/mol. The molecule has 124 valence electrons. The minimum atomic E-state index is 0.0157. The van der Waals surface area contributed by atoms with E-state index in [4.69, 9.17) is 0 Å². The van der Waals surface area contributed by atoms with Crippen LogP contribution in [0.15, 0.2) is 59.4 Å². The van der Waals surface area contributed by atoms with Gasteiger partial charge in [0.15, 0.2) is 4.96 Å². The number of thiazole rings is 1. The first-order valence-electron chi connectivity index (χ1n) is 8.75. The van der Waals surface area contributed by atoms with Crippen LogP contribution in [0.1, 0.15) is 16.7 Å². The molecule has 6 rings (SSSR count). The maximum atomic E-state index is 13.0. The molecule has 0 fully saturated rings. The van der Waals surface area contributed by atoms with E-state index in [0.29, 0.717) is 0 Å². The third kappa shape index (κ3) is 1.82. The Morgan fingerprint density at radius 3 is 2.73 bits per heavy atom. The van der Waals surface area contributed by atoms with Crippen LogP contribution in [0.25, 0.3) is 32.8 Å². The molecule has 3 nitrogen and oxygen atoms in total. The van der Waals surface area contributed by atoms with Crippen LogP contribution in [0.5, 0.6) is 0 Å². The Kier molecular flexibility index (Phi) is 2.75. The van der Waals surface area contributed by atoms with Gasteiger partial charge in [-0.1, -0.05) is 53.8 Å². The van der Waals surface area contributed by atoms with Crippen molar-refractivity contribution >= 4 is 44.2 Å². The predicted octanol–water partition coefficient (Wildman–Crippen LogP) is 3.71. The van der Waals surface area contributed by atoms with Crippen molar-refractivity contribution in [2.45, 2.75) is 12.8 Å². The molecular weight excluding hydrogens is 340 g/mol. The van der Waals surface area contributed by atoms with Gasteiger partial charge in [0.05, 0.1) is 15.6 Å². The Labute approximate surface area is 152 Å². The van der Waals surface area contributed by atoms with Crippen molar-refractivity contribution in [3.05, 3.63) is 86.2 Å². The molecule has 0 spiro atoms. The van der Waals surface area contributed by atoms with Crippen molar-refractivity contribution in [3.8, 4) is 0 Å². The molecule has 26 heavy (non-hydrogen) atoms. The van der Waals surface area contributed by atoms with Crippen LogP contribution < -0.4 is 10.1 Å². The number of imidazole rings is 1. The zero-order valence-electron chi connectivity index (χ0n) is 13.9. The molecule has 0 saturated heterocycles. The number of rotatable bonds is 1. The molecule has 2 heterocycles. The Bertz CT molecular complexity index is 1450. The van der Waals surface area contributed by atoms with Crippen LogP contribution in [-0.4, -0.2) is 9.38 Å². The minimum absolute atomic E-state index is 0.0157. The van der Waals surface area contributed by atoms with Crippen LogP contribution in [0.4, 0.5) is 0 Å². The van der Waals surface area contributed by atoms with E-state index >= 15 is 0 Å². The van der Waals surface area contributed by atoms with Crippen molar-refractivity contribution < 1.29 is 0 Å². The molecule has 0 bridgehead atoms. The van der Waals surface area contributed by atoms with E-state index < -0.39 is 0 Å². The zero-order valence-corrected chi connectivity index (χ0v) is 14.7. The van der Waals surface area contributed by atoms with Crippen molar-refractivity contribution in [3.63, 3.8) is 0 Å². The van der Waals surface area contributed by atoms with Gasteiger partial charge in [0.25, 0.3) is 5.56 Å². The first-order valence-corrected chi connectivity index (χ1v) is 9.56. The summed E-state index contributed by atoms with van der Waals surface area (Å²) >= 11 is 1.46. The lowest BCUT2D eigenvalue weighted by molar-refractivity contribution is 1.02. The summed E-state index contributed by atoms with van der Waals surface area (Å²) in [6, 6.07) is 18.6. The topological polar surface area (TPSA) is 34.4 Å². The summed E-state index contributed by atoms with van der Waals surface area (Å²) in [4.78, 5) is 18.4. The molecule has 0 aliphatic heterocycles. The molecular formula is C22H14N2OS. The van der Waals surface area contributed by atoms with Gasteiger partial charge in [0.1, 0.15) is 0 Å². The van der Waals surface area contributed by atoms with Gasteiger partial charge in [0.2, 0.25) is 0 Å². The average molecular weight is 354 g/mol. The average Bonchev–Trinajstić information content (AvgIpc) is 3.32. The van der Waals surface area contributed by atoms with Gasteiger partial charge >= 0.3 is 0 Å². The molecule has 0 radical (unpaired) electrons. The number of benzene rings is 3. The highest BCUT2D eigenvalue weighted by atomic mass is 32.1. The van der Waals surface area contributed by atoms with Crippen LogP contribution in [-0.2, 0) is 12.8 Å². The standard InChI is InChI=1S/C22H14N2OS/c25-21-19(26-22-23-17-6-1-2-7-18(17)24(21)22)12-15-11-10-14-9-8-13-4-3-5-16(15)20(13)14/h1-7,10-12H,8-9H2/b19-12+. The van der Waals surface area contributed by atoms with Gasteiger partial charge in [-0.3, -0.25) is 4.79 Å². The lowest BCUT2D eigenvalue weighted by atomic mass is 10.00. The molecule has 1 aliphatic carbocycles. The molecule has 2 aromatic heterocycles. The van der Waals surface area contributed by atoms with Gasteiger partial charge in [-0.2, -0.15) is 0 Å². The summed E-state index contributed by atoms with van der Waals surface area (Å²) in [7, 11) is 0. The van der Waals surface area contributed by atoms with E-state index in [9.17, 15) is 4.79 Å². The fourth-order valence-corrected chi connectivity index (χ4v) is 5.13. The van der Waals surface area contributed by atoms with E-state index in [0.717, 1.165) is 38.9 Å². The maximum Gasteiger partial charge on any atom is 0.274 e. The Morgan fingerprint density at radius 1 is 0.962 bits per heavy atom. The summed E-state index contributed by atoms with van der Waals surface area (Å²) in [5.74, 6) is 0. The summed E-state index contributed by atoms with van der Waals surface area (Å²) in [5, 5.41) is 2.62. The second-order valence-corrected chi connectivity index (χ2v) is 7.80. The number of aryl methyl sites for hydroxylation is 2. The Hall–Kier alpha value is -2.98. The fraction of sp³-hybridized carbons (Fsp3) is 0.0909. The van der Waals surface area contributed by atoms with Crippen molar-refractivity contribution in [2.75, 3.05) is 0 Å². The number of nitrogens with zero attached hydrogens (tertiary/aromatic N) is 2. The van der Waals surface area contributed by atoms with Crippen molar-refractivity contribution in [1.82, 2.24) is 9.38 Å². The number of hydrogen-bond donors (Lipinski definition) is 0. The highest BCUT2D eigenvalue weighted by Crippen LogP contribution is 2.33. The van der Waals surface area contributed by atoms with Gasteiger partial charge in [-0.25, -0.2) is 9.38 Å². The molecule has 0 unspecified atom stereocenters. The van der Waals surface area contributed by atoms with Crippen molar-refractivity contribution in [2.24, 2.45) is 0 Å². The molecule has 0 saturated carbocycles. The first kappa shape index (κ1) is 14.2. The number of hydrogen-bond acceptors (Lipinski definition) is 3. The quantitative estimate of drug-likeness (QED) is 0.460. The minimum Gasteiger partial charge on any atom is -0.267 e. The smallest absolute Gasteiger partial charge is 0.267 e. The van der Waals surface area contributed by atoms with Crippen molar-refractivity contribution in [1.29, 1.82) is 0 Å². The molecule has 4 heteroatoms. The third-order valence-corrected chi connectivity index (χ3v) is 6.31. The second-order valence-electron chi connectivity index (χ2n) is 6.79. The van der Waals surface area contributed by atoms with Crippen LogP contribution >= 0.6 is 11.3 Å². The number of aromatic nitrogens is 2. The van der Waals surface area contributed by atoms with E-state index in [1.54, 1.807) is 4.40 Å². The summed E-state index contributed by atoms with van der Waals surface area (Å²) in [6.07, 6.45) is 4.25. The number of para-hydroxylation sites is 2. The van der Waals surface area contributed by atoms with Gasteiger partial charge in [0, 0.05) is 0 Å². The number of fused-ring (bicyclic) bond motifs is 3. The zero-order chi connectivity index (χ0) is 17.3. The lowest BCUT2D eigenvalue weighted by Gasteiger charge is -2.05. The monoisotopic (exact) mass is 354 g/mol. The van der Waals surface area contributed by atoms with Gasteiger partial charge < -0.3 is 0 Å². The fourth-order valence-electron chi connectivity index (χ4n) is 4.15. The second kappa shape index (κ2) is 5.02. The molecule has 5 aromatic rings. The molecule has 1 aliphatic rings. The molecule has 3 aromatic carbocycles. The first-order chi connectivity index (χ1) is 12.8. The Morgan fingerprint density at radius 2 is 1.81 bits per heavy atom. The maximum absolute atomic E-state index is 13.0. The van der Waals surface area contributed by atoms with E-state index in [1.807, 2.05) is 30.3 Å². The van der Waals surface area contributed by atoms with Gasteiger partial charge in [-0.15, -0.1) is 0 Å². The van der Waals surface area contributed by atoms with E-state index in [1.165, 1.54) is 33.2 Å². The van der Waals surface area contributed by atoms with Crippen LogP contribution in [0.2, 0.25) is 0 Å². The summed E-state index contributed by atoms with van der Waals surface area (Å²) in [6.45, 7) is 0. The third-order valence-electron chi connectivity index (χ3n) is 5.34. The Balaban J connectivity index is 1.67. The summed E-state index contributed by atoms with van der Waals surface area (Å²) in [5.41, 5.74) is 5.71. The van der Waals surface area contributed by atoms with Crippen LogP contribution in [0, 0.1) is 0 Å². The van der Waals surface area contributed by atoms with Crippen LogP contribution in [0.3, 0.4) is 0 Å². The lowest BCUT2D eigenvalue weighted by Crippen LogP contribution is -2.22. The molecule has 0 atom stereocenters. The van der Waals surface area contributed by atoms with Gasteiger partial charge in [-0.05, 0) is 58.5 Å². The highest BCUT2D eigenvalue weighted by Gasteiger charge is 2.16. The molecule has 0 amide bonds.